The molecule has 2 heterocycles. The second kappa shape index (κ2) is 6.88. The monoisotopic (exact) mass is 415 g/mol. The Morgan fingerprint density at radius 3 is 2.07 bits per heavy atom. The molecule has 2 aliphatic rings. The molecule has 148 valence electrons. The van der Waals surface area contributed by atoms with Crippen LogP contribution in [-0.4, -0.2) is 69.8 Å². The molecule has 2 aliphatic heterocycles. The highest BCUT2D eigenvalue weighted by Crippen LogP contribution is 2.29. The molecule has 0 bridgehead atoms. The number of amides is 2. The summed E-state index contributed by atoms with van der Waals surface area (Å²) in [6.45, 7) is 4.02. The molecule has 11 heteroatoms. The summed E-state index contributed by atoms with van der Waals surface area (Å²) in [7, 11) is -7.50. The van der Waals surface area contributed by atoms with Crippen molar-refractivity contribution in [3.63, 3.8) is 0 Å². The number of benzene rings is 1. The Morgan fingerprint density at radius 2 is 1.63 bits per heavy atom. The lowest BCUT2D eigenvalue weighted by Gasteiger charge is -2.33. The largest absolute Gasteiger partial charge is 0.340 e. The van der Waals surface area contributed by atoms with Crippen molar-refractivity contribution in [3.8, 4) is 0 Å². The first-order chi connectivity index (χ1) is 12.5. The van der Waals surface area contributed by atoms with E-state index in [2.05, 4.69) is 0 Å². The summed E-state index contributed by atoms with van der Waals surface area (Å²) in [6.07, 6.45) is 0. The zero-order valence-electron chi connectivity index (χ0n) is 15.0. The van der Waals surface area contributed by atoms with Gasteiger partial charge in [-0.15, -0.1) is 0 Å². The van der Waals surface area contributed by atoms with E-state index in [1.54, 1.807) is 11.8 Å². The first kappa shape index (κ1) is 19.8. The van der Waals surface area contributed by atoms with E-state index in [0.717, 1.165) is 4.31 Å². The van der Waals surface area contributed by atoms with Crippen molar-refractivity contribution in [2.24, 2.45) is 5.92 Å². The van der Waals surface area contributed by atoms with Gasteiger partial charge in [-0.2, -0.15) is 4.31 Å². The van der Waals surface area contributed by atoms with E-state index >= 15 is 0 Å². The second-order valence-electron chi connectivity index (χ2n) is 6.69. The highest BCUT2D eigenvalue weighted by atomic mass is 32.2. The molecular formula is C16H21N3O6S2. The van der Waals surface area contributed by atoms with Gasteiger partial charge in [0.05, 0.1) is 22.3 Å². The van der Waals surface area contributed by atoms with Gasteiger partial charge in [0.2, 0.25) is 31.9 Å². The summed E-state index contributed by atoms with van der Waals surface area (Å²) in [6, 6.07) is 5.25. The van der Waals surface area contributed by atoms with Crippen molar-refractivity contribution < 1.29 is 26.4 Å². The Morgan fingerprint density at radius 1 is 1.07 bits per heavy atom. The van der Waals surface area contributed by atoms with Gasteiger partial charge in [-0.3, -0.25) is 9.59 Å². The molecule has 2 fully saturated rings. The molecule has 0 N–H and O–H groups in total. The SMILES string of the molecule is CC(=O)N1CCN(S(=O)(=O)c2ccc(N3C(=O)[C@@H](C)CS3(=O)=O)cc2)CC1. The number of nitrogens with zero attached hydrogens (tertiary/aromatic N) is 3. The van der Waals surface area contributed by atoms with Crippen molar-refractivity contribution in [1.29, 1.82) is 0 Å². The van der Waals surface area contributed by atoms with Crippen molar-refractivity contribution in [3.05, 3.63) is 24.3 Å². The molecule has 1 aromatic rings. The van der Waals surface area contributed by atoms with E-state index in [-0.39, 0.29) is 35.3 Å². The van der Waals surface area contributed by atoms with Gasteiger partial charge in [-0.25, -0.2) is 21.1 Å². The summed E-state index contributed by atoms with van der Waals surface area (Å²) < 4.78 is 51.8. The zero-order valence-corrected chi connectivity index (χ0v) is 16.7. The van der Waals surface area contributed by atoms with Crippen LogP contribution in [-0.2, 0) is 29.6 Å². The molecule has 0 radical (unpaired) electrons. The fourth-order valence-corrected chi connectivity index (χ4v) is 6.48. The Balaban J connectivity index is 1.81. The van der Waals surface area contributed by atoms with Crippen LogP contribution in [0.4, 0.5) is 5.69 Å². The summed E-state index contributed by atoms with van der Waals surface area (Å²) in [5.74, 6) is -1.50. The number of hydrogen-bond donors (Lipinski definition) is 0. The molecule has 1 atom stereocenters. The van der Waals surface area contributed by atoms with Crippen LogP contribution in [0, 0.1) is 5.92 Å². The average molecular weight is 415 g/mol. The predicted molar refractivity (Wildman–Crippen MR) is 97.9 cm³/mol. The molecule has 2 saturated heterocycles. The Kier molecular flexibility index (Phi) is 5.04. The standard InChI is InChI=1S/C16H21N3O6S2/c1-12-11-26(22,23)19(16(12)21)14-3-5-15(6-4-14)27(24,25)18-9-7-17(8-10-18)13(2)20/h3-6,12H,7-11H2,1-2H3/t12-/m0/s1. The topological polar surface area (TPSA) is 112 Å². The minimum absolute atomic E-state index is 0.0135. The van der Waals surface area contributed by atoms with E-state index in [4.69, 9.17) is 0 Å². The third kappa shape index (κ3) is 3.58. The smallest absolute Gasteiger partial charge is 0.244 e. The quantitative estimate of drug-likeness (QED) is 0.679. The van der Waals surface area contributed by atoms with Crippen LogP contribution < -0.4 is 4.31 Å². The number of carbonyl (C=O) groups excluding carboxylic acids is 2. The lowest BCUT2D eigenvalue weighted by atomic mass is 10.2. The molecule has 0 saturated carbocycles. The number of piperazine rings is 1. The van der Waals surface area contributed by atoms with E-state index in [1.165, 1.54) is 35.5 Å². The first-order valence-corrected chi connectivity index (χ1v) is 11.5. The maximum Gasteiger partial charge on any atom is 0.244 e. The van der Waals surface area contributed by atoms with Crippen LogP contribution in [0.1, 0.15) is 13.8 Å². The summed E-state index contributed by atoms with van der Waals surface area (Å²) in [5.41, 5.74) is 0.129. The lowest BCUT2D eigenvalue weighted by Crippen LogP contribution is -2.49. The number of hydrogen-bond acceptors (Lipinski definition) is 6. The normalized spacial score (nSPS) is 23.6. The summed E-state index contributed by atoms with van der Waals surface area (Å²) in [5, 5.41) is 0. The van der Waals surface area contributed by atoms with Crippen LogP contribution in [0.15, 0.2) is 29.2 Å². The zero-order chi connectivity index (χ0) is 20.0. The maximum absolute atomic E-state index is 12.8. The van der Waals surface area contributed by atoms with Crippen molar-refractivity contribution in [2.45, 2.75) is 18.7 Å². The molecule has 3 rings (SSSR count). The predicted octanol–water partition coefficient (Wildman–Crippen LogP) is -0.148. The van der Waals surface area contributed by atoms with Crippen molar-refractivity contribution >= 4 is 37.5 Å². The van der Waals surface area contributed by atoms with E-state index in [9.17, 15) is 26.4 Å². The first-order valence-electron chi connectivity index (χ1n) is 8.46. The molecule has 1 aromatic carbocycles. The summed E-state index contributed by atoms with van der Waals surface area (Å²) in [4.78, 5) is 25.1. The van der Waals surface area contributed by atoms with Crippen LogP contribution in [0.3, 0.4) is 0 Å². The molecule has 2 amide bonds. The molecule has 0 spiro atoms. The third-order valence-corrected chi connectivity index (χ3v) is 8.53. The van der Waals surface area contributed by atoms with Crippen molar-refractivity contribution in [1.82, 2.24) is 9.21 Å². The van der Waals surface area contributed by atoms with Gasteiger partial charge >= 0.3 is 0 Å². The number of rotatable bonds is 3. The van der Waals surface area contributed by atoms with Gasteiger partial charge in [0.1, 0.15) is 0 Å². The third-order valence-electron chi connectivity index (χ3n) is 4.75. The van der Waals surface area contributed by atoms with Crippen LogP contribution in [0.25, 0.3) is 0 Å². The van der Waals surface area contributed by atoms with E-state index in [0.29, 0.717) is 13.1 Å². The van der Waals surface area contributed by atoms with Crippen LogP contribution >= 0.6 is 0 Å². The van der Waals surface area contributed by atoms with Gasteiger partial charge in [-0.05, 0) is 24.3 Å². The fourth-order valence-electron chi connectivity index (χ4n) is 3.23. The van der Waals surface area contributed by atoms with E-state index in [1.807, 2.05) is 0 Å². The molecule has 27 heavy (non-hydrogen) atoms. The van der Waals surface area contributed by atoms with E-state index < -0.39 is 31.9 Å². The summed E-state index contributed by atoms with van der Waals surface area (Å²) >= 11 is 0. The highest BCUT2D eigenvalue weighted by molar-refractivity contribution is 7.94. The molecular weight excluding hydrogens is 394 g/mol. The molecule has 0 aliphatic carbocycles. The van der Waals surface area contributed by atoms with Crippen LogP contribution in [0.2, 0.25) is 0 Å². The van der Waals surface area contributed by atoms with Gasteiger partial charge in [0, 0.05) is 33.1 Å². The van der Waals surface area contributed by atoms with Crippen LogP contribution in [0.5, 0.6) is 0 Å². The Hall–Kier alpha value is -1.98. The lowest BCUT2D eigenvalue weighted by molar-refractivity contribution is -0.130. The Bertz CT molecular complexity index is 964. The Labute approximate surface area is 158 Å². The van der Waals surface area contributed by atoms with Gasteiger partial charge < -0.3 is 4.90 Å². The molecule has 0 unspecified atom stereocenters. The average Bonchev–Trinajstić information content (AvgIpc) is 2.82. The fraction of sp³-hybridized carbons (Fsp3) is 0.500. The number of anilines is 1. The maximum atomic E-state index is 12.8. The minimum atomic E-state index is -3.76. The van der Waals surface area contributed by atoms with Gasteiger partial charge in [0.25, 0.3) is 0 Å². The second-order valence-corrected chi connectivity index (χ2v) is 10.5. The highest BCUT2D eigenvalue weighted by Gasteiger charge is 2.42. The number of sulfonamides is 2. The van der Waals surface area contributed by atoms with Gasteiger partial charge in [-0.1, -0.05) is 6.92 Å². The number of carbonyl (C=O) groups is 2. The molecule has 9 nitrogen and oxygen atoms in total. The molecule has 0 aromatic heterocycles. The minimum Gasteiger partial charge on any atom is -0.340 e. The van der Waals surface area contributed by atoms with Gasteiger partial charge in [0.15, 0.2) is 0 Å². The van der Waals surface area contributed by atoms with Crippen molar-refractivity contribution in [2.75, 3.05) is 36.2 Å².